The monoisotopic (exact) mass is 585 g/mol. The van der Waals surface area contributed by atoms with Gasteiger partial charge in [0.1, 0.15) is 17.3 Å². The van der Waals surface area contributed by atoms with Crippen LogP contribution >= 0.6 is 0 Å². The molecule has 1 atom stereocenters. The summed E-state index contributed by atoms with van der Waals surface area (Å²) in [6, 6.07) is 17.5. The highest BCUT2D eigenvalue weighted by Gasteiger charge is 2.38. The van der Waals surface area contributed by atoms with Crippen molar-refractivity contribution in [2.75, 3.05) is 26.3 Å². The third-order valence-electron chi connectivity index (χ3n) is 7.58. The fourth-order valence-corrected chi connectivity index (χ4v) is 6.46. The van der Waals surface area contributed by atoms with Gasteiger partial charge in [-0.3, -0.25) is 14.5 Å². The molecule has 42 heavy (non-hydrogen) atoms. The van der Waals surface area contributed by atoms with Gasteiger partial charge in [0.15, 0.2) is 0 Å². The summed E-state index contributed by atoms with van der Waals surface area (Å²) >= 11 is 0. The van der Waals surface area contributed by atoms with Crippen molar-refractivity contribution in [3.63, 3.8) is 0 Å². The third kappa shape index (κ3) is 5.32. The Labute approximate surface area is 245 Å². The molecular weight excluding hydrogens is 554 g/mol. The molecular formula is C31H31N5O5S. The Bertz CT molecular complexity index is 1750. The van der Waals surface area contributed by atoms with Crippen LogP contribution in [0.4, 0.5) is 0 Å². The zero-order valence-corrected chi connectivity index (χ0v) is 24.5. The summed E-state index contributed by atoms with van der Waals surface area (Å²) < 4.78 is 35.2. The number of sulfonamides is 1. The van der Waals surface area contributed by atoms with E-state index >= 15 is 0 Å². The summed E-state index contributed by atoms with van der Waals surface area (Å²) in [4.78, 5) is 28.0. The Morgan fingerprint density at radius 2 is 1.79 bits per heavy atom. The number of carbonyl (C=O) groups is 2. The summed E-state index contributed by atoms with van der Waals surface area (Å²) in [5, 5.41) is 14.6. The second-order valence-electron chi connectivity index (χ2n) is 10.2. The Morgan fingerprint density at radius 3 is 2.45 bits per heavy atom. The normalized spacial score (nSPS) is 18.4. The minimum absolute atomic E-state index is 0.0863. The van der Waals surface area contributed by atoms with Gasteiger partial charge in [0.25, 0.3) is 11.8 Å². The maximum Gasteiger partial charge on any atom is 0.271 e. The highest BCUT2D eigenvalue weighted by Crippen LogP contribution is 2.33. The van der Waals surface area contributed by atoms with Crippen molar-refractivity contribution in [1.82, 2.24) is 19.0 Å². The van der Waals surface area contributed by atoms with Gasteiger partial charge in [0, 0.05) is 42.0 Å². The molecule has 2 aliphatic heterocycles. The molecule has 11 heteroatoms. The van der Waals surface area contributed by atoms with E-state index in [1.165, 1.54) is 4.31 Å². The van der Waals surface area contributed by atoms with E-state index in [1.54, 1.807) is 55.1 Å². The first-order valence-corrected chi connectivity index (χ1v) is 15.2. The highest BCUT2D eigenvalue weighted by atomic mass is 32.2. The number of carbonyl (C=O) groups excluding carboxylic acids is 2. The molecule has 0 saturated carbocycles. The van der Waals surface area contributed by atoms with E-state index in [1.807, 2.05) is 43.3 Å². The summed E-state index contributed by atoms with van der Waals surface area (Å²) in [6.07, 6.45) is 3.91. The number of aromatic nitrogens is 2. The van der Waals surface area contributed by atoms with Gasteiger partial charge in [-0.1, -0.05) is 37.3 Å². The lowest BCUT2D eigenvalue weighted by atomic mass is 9.92. The fraction of sp³-hybridized carbons (Fsp3) is 0.290. The van der Waals surface area contributed by atoms with Crippen LogP contribution in [0.3, 0.4) is 0 Å². The lowest BCUT2D eigenvalue weighted by Crippen LogP contribution is -2.47. The van der Waals surface area contributed by atoms with Crippen LogP contribution in [0.15, 0.2) is 82.4 Å². The molecule has 0 bridgehead atoms. The van der Waals surface area contributed by atoms with Gasteiger partial charge in [-0.2, -0.15) is 14.7 Å². The van der Waals surface area contributed by atoms with Gasteiger partial charge < -0.3 is 4.74 Å². The molecule has 10 nitrogen and oxygen atoms in total. The number of ether oxygens (including phenoxy) is 1. The molecule has 1 fully saturated rings. The molecule has 1 unspecified atom stereocenters. The maximum atomic E-state index is 13.7. The van der Waals surface area contributed by atoms with Crippen LogP contribution in [-0.2, 0) is 24.3 Å². The third-order valence-corrected chi connectivity index (χ3v) is 9.48. The zero-order valence-electron chi connectivity index (χ0n) is 23.6. The first kappa shape index (κ1) is 29.1. The topological polar surface area (TPSA) is 126 Å². The predicted molar refractivity (Wildman–Crippen MR) is 156 cm³/mol. The standard InChI is InChI=1S/C31H31N5O5S/c1-4-21(2)36-30(37)27(22(3)28(19-32)31(36)38)18-24-20-35(25-10-6-5-7-11-25)33-29(24)23-9-8-12-26(17-23)42(39,40)34-13-15-41-16-14-34/h5-12,17-18,20-21H,4,13-16H2,1-3H3/b27-18+. The lowest BCUT2D eigenvalue weighted by Gasteiger charge is -2.31. The van der Waals surface area contributed by atoms with Gasteiger partial charge in [-0.25, -0.2) is 13.1 Å². The summed E-state index contributed by atoms with van der Waals surface area (Å²) in [5.41, 5.74) is 2.67. The number of imide groups is 1. The van der Waals surface area contributed by atoms with Crippen molar-refractivity contribution in [2.24, 2.45) is 0 Å². The number of benzene rings is 2. The quantitative estimate of drug-likeness (QED) is 0.304. The first-order chi connectivity index (χ1) is 20.2. The van der Waals surface area contributed by atoms with E-state index in [9.17, 15) is 23.3 Å². The van der Waals surface area contributed by atoms with Crippen LogP contribution in [0.1, 0.15) is 32.8 Å². The number of hydrogen-bond acceptors (Lipinski definition) is 7. The molecule has 2 amide bonds. The Morgan fingerprint density at radius 1 is 1.07 bits per heavy atom. The van der Waals surface area contributed by atoms with Crippen LogP contribution in [0, 0.1) is 11.3 Å². The van der Waals surface area contributed by atoms with Crippen molar-refractivity contribution in [1.29, 1.82) is 5.26 Å². The molecule has 0 N–H and O–H groups in total. The molecule has 216 valence electrons. The molecule has 0 spiro atoms. The number of nitrogens with zero attached hydrogens (tertiary/aromatic N) is 5. The van der Waals surface area contributed by atoms with Crippen LogP contribution in [0.25, 0.3) is 23.0 Å². The Kier molecular flexibility index (Phi) is 8.22. The van der Waals surface area contributed by atoms with E-state index in [4.69, 9.17) is 9.84 Å². The van der Waals surface area contributed by atoms with E-state index in [2.05, 4.69) is 0 Å². The van der Waals surface area contributed by atoms with Crippen molar-refractivity contribution < 1.29 is 22.7 Å². The molecule has 3 aromatic rings. The number of hydrogen-bond donors (Lipinski definition) is 0. The number of morpholine rings is 1. The molecule has 0 radical (unpaired) electrons. The summed E-state index contributed by atoms with van der Waals surface area (Å²) in [7, 11) is -3.77. The molecule has 2 aromatic carbocycles. The second-order valence-corrected chi connectivity index (χ2v) is 12.1. The molecule has 0 aliphatic carbocycles. The molecule has 1 saturated heterocycles. The molecule has 3 heterocycles. The largest absolute Gasteiger partial charge is 0.379 e. The van der Waals surface area contributed by atoms with Gasteiger partial charge in [0.05, 0.1) is 23.8 Å². The van der Waals surface area contributed by atoms with Crippen molar-refractivity contribution >= 4 is 27.9 Å². The lowest BCUT2D eigenvalue weighted by molar-refractivity contribution is -0.142. The van der Waals surface area contributed by atoms with Crippen LogP contribution in [-0.4, -0.2) is 71.6 Å². The van der Waals surface area contributed by atoms with Gasteiger partial charge >= 0.3 is 0 Å². The Balaban J connectivity index is 1.68. The molecule has 2 aliphatic rings. The van der Waals surface area contributed by atoms with E-state index in [0.717, 1.165) is 10.6 Å². The van der Waals surface area contributed by atoms with Crippen LogP contribution in [0.2, 0.25) is 0 Å². The van der Waals surface area contributed by atoms with E-state index in [0.29, 0.717) is 36.5 Å². The Hall–Kier alpha value is -4.37. The number of nitriles is 1. The average Bonchev–Trinajstić information content (AvgIpc) is 3.44. The SMILES string of the molecule is CCC(C)N1C(=O)C(C#N)=C(C)/C(=C\c2cn(-c3ccccc3)nc2-c2cccc(S(=O)(=O)N3CCOCC3)c2)C1=O. The molecule has 5 rings (SSSR count). The van der Waals surface area contributed by atoms with Crippen molar-refractivity contribution in [2.45, 2.75) is 38.1 Å². The zero-order chi connectivity index (χ0) is 30.0. The number of para-hydroxylation sites is 1. The average molecular weight is 586 g/mol. The fourth-order valence-electron chi connectivity index (χ4n) is 5.01. The highest BCUT2D eigenvalue weighted by molar-refractivity contribution is 7.89. The van der Waals surface area contributed by atoms with Gasteiger partial charge in [0.2, 0.25) is 10.0 Å². The smallest absolute Gasteiger partial charge is 0.271 e. The first-order valence-electron chi connectivity index (χ1n) is 13.7. The number of amides is 2. The predicted octanol–water partition coefficient (Wildman–Crippen LogP) is 3.95. The molecule has 1 aromatic heterocycles. The van der Waals surface area contributed by atoms with E-state index < -0.39 is 27.9 Å². The van der Waals surface area contributed by atoms with E-state index in [-0.39, 0.29) is 34.7 Å². The summed E-state index contributed by atoms with van der Waals surface area (Å²) in [6.45, 7) is 6.43. The van der Waals surface area contributed by atoms with Crippen LogP contribution in [0.5, 0.6) is 0 Å². The second kappa shape index (κ2) is 11.9. The van der Waals surface area contributed by atoms with Crippen LogP contribution < -0.4 is 0 Å². The van der Waals surface area contributed by atoms with Crippen molar-refractivity contribution in [3.05, 3.63) is 83.1 Å². The number of rotatable bonds is 7. The summed E-state index contributed by atoms with van der Waals surface area (Å²) in [5.74, 6) is -1.10. The van der Waals surface area contributed by atoms with Gasteiger partial charge in [-0.15, -0.1) is 0 Å². The minimum Gasteiger partial charge on any atom is -0.379 e. The maximum absolute atomic E-state index is 13.7. The van der Waals surface area contributed by atoms with Gasteiger partial charge in [-0.05, 0) is 56.2 Å². The van der Waals surface area contributed by atoms with Crippen molar-refractivity contribution in [3.8, 4) is 23.0 Å². The minimum atomic E-state index is -3.77.